The summed E-state index contributed by atoms with van der Waals surface area (Å²) >= 11 is 1.61. The van der Waals surface area contributed by atoms with E-state index in [0.29, 0.717) is 6.54 Å². The molecule has 0 aliphatic rings. The van der Waals surface area contributed by atoms with Gasteiger partial charge in [-0.3, -0.25) is 0 Å². The zero-order valence-corrected chi connectivity index (χ0v) is 11.7. The first-order valence-corrected chi connectivity index (χ1v) is 7.30. The Hall–Kier alpha value is -0.420. The Bertz CT molecular complexity index is 273. The van der Waals surface area contributed by atoms with Gasteiger partial charge in [0, 0.05) is 11.4 Å². The minimum absolute atomic E-state index is 0.358. The maximum absolute atomic E-state index is 9.85. The van der Waals surface area contributed by atoms with Gasteiger partial charge in [-0.05, 0) is 44.0 Å². The summed E-state index contributed by atoms with van der Waals surface area (Å²) in [6.45, 7) is 9.38. The second-order valence-corrected chi connectivity index (χ2v) is 5.10. The summed E-state index contributed by atoms with van der Waals surface area (Å²) in [5.74, 6) is 0. The van der Waals surface area contributed by atoms with Gasteiger partial charge in [0.2, 0.25) is 0 Å². The van der Waals surface area contributed by atoms with Crippen molar-refractivity contribution in [2.24, 2.45) is 0 Å². The van der Waals surface area contributed by atoms with Gasteiger partial charge in [0.15, 0.2) is 0 Å². The molecule has 0 aliphatic carbocycles. The summed E-state index contributed by atoms with van der Waals surface area (Å²) in [6.07, 6.45) is 0.780. The molecule has 0 radical (unpaired) electrons. The van der Waals surface area contributed by atoms with E-state index in [4.69, 9.17) is 0 Å². The third kappa shape index (κ3) is 5.64. The minimum Gasteiger partial charge on any atom is -0.386 e. The molecule has 0 saturated heterocycles. The Kier molecular flexibility index (Phi) is 7.44. The smallest absolute Gasteiger partial charge is 0.101 e. The van der Waals surface area contributed by atoms with E-state index < -0.39 is 0 Å². The van der Waals surface area contributed by atoms with E-state index >= 15 is 0 Å². The number of rotatable bonds is 9. The highest BCUT2D eigenvalue weighted by Gasteiger charge is 2.07. The summed E-state index contributed by atoms with van der Waals surface area (Å²) in [7, 11) is 0. The van der Waals surface area contributed by atoms with Crippen LogP contribution in [-0.2, 0) is 0 Å². The number of aliphatic hydroxyl groups excluding tert-OH is 1. The van der Waals surface area contributed by atoms with E-state index in [0.717, 1.165) is 37.5 Å². The quantitative estimate of drug-likeness (QED) is 0.664. The van der Waals surface area contributed by atoms with E-state index in [2.05, 4.69) is 24.1 Å². The summed E-state index contributed by atoms with van der Waals surface area (Å²) in [4.78, 5) is 3.46. The fraction of sp³-hybridized carbons (Fsp3) is 0.692. The number of aliphatic hydroxyl groups is 1. The van der Waals surface area contributed by atoms with Crippen LogP contribution >= 0.6 is 11.3 Å². The molecule has 3 nitrogen and oxygen atoms in total. The van der Waals surface area contributed by atoms with Crippen LogP contribution in [0.1, 0.15) is 31.2 Å². The summed E-state index contributed by atoms with van der Waals surface area (Å²) < 4.78 is 0. The van der Waals surface area contributed by atoms with Crippen molar-refractivity contribution in [2.45, 2.75) is 26.4 Å². The zero-order chi connectivity index (χ0) is 12.5. The molecule has 0 bridgehead atoms. The van der Waals surface area contributed by atoms with Gasteiger partial charge >= 0.3 is 0 Å². The molecule has 0 aromatic carbocycles. The first-order chi connectivity index (χ1) is 8.27. The number of hydrogen-bond acceptors (Lipinski definition) is 4. The van der Waals surface area contributed by atoms with Gasteiger partial charge in [0.25, 0.3) is 0 Å². The number of nitrogens with zero attached hydrogens (tertiary/aromatic N) is 1. The molecule has 0 saturated carbocycles. The lowest BCUT2D eigenvalue weighted by Crippen LogP contribution is -2.28. The van der Waals surface area contributed by atoms with Crippen molar-refractivity contribution in [1.29, 1.82) is 0 Å². The van der Waals surface area contributed by atoms with Crippen molar-refractivity contribution in [3.05, 3.63) is 22.4 Å². The predicted molar refractivity (Wildman–Crippen MR) is 74.6 cm³/mol. The third-order valence-corrected chi connectivity index (χ3v) is 3.91. The maximum atomic E-state index is 9.85. The third-order valence-electron chi connectivity index (χ3n) is 2.93. The first kappa shape index (κ1) is 14.6. The molecule has 0 spiro atoms. The van der Waals surface area contributed by atoms with Crippen LogP contribution in [0.15, 0.2) is 17.5 Å². The van der Waals surface area contributed by atoms with Crippen LogP contribution in [0.4, 0.5) is 0 Å². The summed E-state index contributed by atoms with van der Waals surface area (Å²) in [6, 6.07) is 3.95. The zero-order valence-electron chi connectivity index (χ0n) is 10.9. The van der Waals surface area contributed by atoms with Gasteiger partial charge < -0.3 is 15.3 Å². The van der Waals surface area contributed by atoms with Crippen LogP contribution in [0.2, 0.25) is 0 Å². The van der Waals surface area contributed by atoms with E-state index in [-0.39, 0.29) is 6.10 Å². The SMILES string of the molecule is CCN(CC)CCCNCC(O)c1cccs1. The molecule has 0 aliphatic heterocycles. The van der Waals surface area contributed by atoms with Crippen LogP contribution in [0, 0.1) is 0 Å². The van der Waals surface area contributed by atoms with Gasteiger partial charge in [-0.15, -0.1) is 11.3 Å². The number of hydrogen-bond donors (Lipinski definition) is 2. The molecule has 17 heavy (non-hydrogen) atoms. The largest absolute Gasteiger partial charge is 0.386 e. The van der Waals surface area contributed by atoms with E-state index in [9.17, 15) is 5.11 Å². The second kappa shape index (κ2) is 8.64. The molecule has 1 heterocycles. The first-order valence-electron chi connectivity index (χ1n) is 6.42. The monoisotopic (exact) mass is 256 g/mol. The highest BCUT2D eigenvalue weighted by molar-refractivity contribution is 7.10. The van der Waals surface area contributed by atoms with Gasteiger partial charge in [-0.25, -0.2) is 0 Å². The van der Waals surface area contributed by atoms with Crippen LogP contribution in [0.5, 0.6) is 0 Å². The fourth-order valence-corrected chi connectivity index (χ4v) is 2.50. The van der Waals surface area contributed by atoms with Crippen molar-refractivity contribution in [2.75, 3.05) is 32.7 Å². The number of nitrogens with one attached hydrogen (secondary N) is 1. The van der Waals surface area contributed by atoms with Crippen molar-refractivity contribution < 1.29 is 5.11 Å². The lowest BCUT2D eigenvalue weighted by atomic mass is 10.3. The molecule has 1 aromatic rings. The van der Waals surface area contributed by atoms with Gasteiger partial charge in [-0.1, -0.05) is 19.9 Å². The Morgan fingerprint density at radius 1 is 1.41 bits per heavy atom. The molecule has 0 fully saturated rings. The van der Waals surface area contributed by atoms with Crippen LogP contribution < -0.4 is 5.32 Å². The highest BCUT2D eigenvalue weighted by atomic mass is 32.1. The lowest BCUT2D eigenvalue weighted by Gasteiger charge is -2.18. The molecule has 0 amide bonds. The van der Waals surface area contributed by atoms with Gasteiger partial charge in [-0.2, -0.15) is 0 Å². The fourth-order valence-electron chi connectivity index (χ4n) is 1.79. The van der Waals surface area contributed by atoms with Gasteiger partial charge in [0.05, 0.1) is 0 Å². The topological polar surface area (TPSA) is 35.5 Å². The van der Waals surface area contributed by atoms with Gasteiger partial charge in [0.1, 0.15) is 6.10 Å². The molecule has 2 N–H and O–H groups in total. The van der Waals surface area contributed by atoms with Crippen molar-refractivity contribution in [1.82, 2.24) is 10.2 Å². The number of thiophene rings is 1. The molecule has 1 rings (SSSR count). The Labute approximate surface area is 108 Å². The molecule has 1 aromatic heterocycles. The van der Waals surface area contributed by atoms with Crippen molar-refractivity contribution in [3.63, 3.8) is 0 Å². The highest BCUT2D eigenvalue weighted by Crippen LogP contribution is 2.17. The molecule has 1 atom stereocenters. The molecule has 98 valence electrons. The average Bonchev–Trinajstić information content (AvgIpc) is 2.87. The van der Waals surface area contributed by atoms with E-state index in [1.807, 2.05) is 17.5 Å². The Morgan fingerprint density at radius 3 is 2.76 bits per heavy atom. The maximum Gasteiger partial charge on any atom is 0.101 e. The second-order valence-electron chi connectivity index (χ2n) is 4.12. The Morgan fingerprint density at radius 2 is 2.18 bits per heavy atom. The Balaban J connectivity index is 2.04. The van der Waals surface area contributed by atoms with Crippen LogP contribution in [0.3, 0.4) is 0 Å². The standard InChI is InChI=1S/C13H24N2OS/c1-3-15(4-2)9-6-8-14-11-12(16)13-7-5-10-17-13/h5,7,10,12,14,16H,3-4,6,8-9,11H2,1-2H3. The predicted octanol–water partition coefficient (Wildman–Crippen LogP) is 2.10. The van der Waals surface area contributed by atoms with Crippen molar-refractivity contribution >= 4 is 11.3 Å². The summed E-state index contributed by atoms with van der Waals surface area (Å²) in [5.41, 5.74) is 0. The molecule has 4 heteroatoms. The summed E-state index contributed by atoms with van der Waals surface area (Å²) in [5, 5.41) is 15.2. The van der Waals surface area contributed by atoms with E-state index in [1.54, 1.807) is 11.3 Å². The minimum atomic E-state index is -0.358. The van der Waals surface area contributed by atoms with Crippen LogP contribution in [0.25, 0.3) is 0 Å². The average molecular weight is 256 g/mol. The van der Waals surface area contributed by atoms with Crippen LogP contribution in [-0.4, -0.2) is 42.7 Å². The molecular formula is C13H24N2OS. The van der Waals surface area contributed by atoms with Crippen molar-refractivity contribution in [3.8, 4) is 0 Å². The van der Waals surface area contributed by atoms with E-state index in [1.165, 1.54) is 0 Å². The molecular weight excluding hydrogens is 232 g/mol. The normalized spacial score (nSPS) is 13.2. The molecule has 1 unspecified atom stereocenters. The lowest BCUT2D eigenvalue weighted by molar-refractivity contribution is 0.177.